The number of aliphatic imine (C=N–C) groups is 1. The molecule has 0 amide bonds. The molecule has 1 aromatic rings. The van der Waals surface area contributed by atoms with Crippen LogP contribution in [0.2, 0.25) is 0 Å². The highest BCUT2D eigenvalue weighted by atomic mass is 127. The fraction of sp³-hybridized carbons (Fsp3) is 0.615. The van der Waals surface area contributed by atoms with E-state index in [2.05, 4.69) is 38.0 Å². The minimum atomic E-state index is 0. The molecule has 1 fully saturated rings. The molecule has 1 aromatic heterocycles. The number of halogens is 1. The number of rotatable bonds is 5. The van der Waals surface area contributed by atoms with Crippen molar-refractivity contribution in [3.8, 4) is 0 Å². The Labute approximate surface area is 141 Å². The molecule has 20 heavy (non-hydrogen) atoms. The smallest absolute Gasteiger partial charge is 0.191 e. The van der Waals surface area contributed by atoms with Crippen LogP contribution >= 0.6 is 35.3 Å². The summed E-state index contributed by atoms with van der Waals surface area (Å²) in [7, 11) is 1.80. The van der Waals surface area contributed by atoms with Crippen LogP contribution in [0.5, 0.6) is 0 Å². The molecule has 0 atom stereocenters. The van der Waals surface area contributed by atoms with Crippen molar-refractivity contribution in [2.24, 2.45) is 4.99 Å². The van der Waals surface area contributed by atoms with Crippen LogP contribution in [0.25, 0.3) is 0 Å². The van der Waals surface area contributed by atoms with Crippen LogP contribution in [0.3, 0.4) is 0 Å². The van der Waals surface area contributed by atoms with Gasteiger partial charge in [0.15, 0.2) is 5.96 Å². The molecule has 0 aliphatic carbocycles. The number of morpholine rings is 1. The molecule has 5 nitrogen and oxygen atoms in total. The molecule has 1 aliphatic rings. The molecule has 0 saturated carbocycles. The van der Waals surface area contributed by atoms with Gasteiger partial charge in [-0.15, -0.1) is 35.3 Å². The number of hydrogen-bond acceptors (Lipinski definition) is 4. The van der Waals surface area contributed by atoms with Gasteiger partial charge in [0.25, 0.3) is 0 Å². The Morgan fingerprint density at radius 3 is 2.85 bits per heavy atom. The molecule has 0 unspecified atom stereocenters. The minimum absolute atomic E-state index is 0. The molecule has 1 aliphatic heterocycles. The number of guanidine groups is 1. The summed E-state index contributed by atoms with van der Waals surface area (Å²) in [5.74, 6) is 0.863. The summed E-state index contributed by atoms with van der Waals surface area (Å²) in [6.07, 6.45) is 0. The zero-order valence-corrected chi connectivity index (χ0v) is 14.9. The average molecular weight is 410 g/mol. The molecular formula is C13H23IN4OS. The second-order valence-corrected chi connectivity index (χ2v) is 5.42. The van der Waals surface area contributed by atoms with Gasteiger partial charge in [-0.2, -0.15) is 0 Å². The van der Waals surface area contributed by atoms with Crippen LogP contribution in [-0.4, -0.2) is 57.3 Å². The monoisotopic (exact) mass is 410 g/mol. The summed E-state index contributed by atoms with van der Waals surface area (Å²) in [5, 5.41) is 8.74. The van der Waals surface area contributed by atoms with Crippen molar-refractivity contribution in [3.05, 3.63) is 22.4 Å². The summed E-state index contributed by atoms with van der Waals surface area (Å²) in [6.45, 7) is 6.53. The minimum Gasteiger partial charge on any atom is -0.379 e. The molecule has 2 rings (SSSR count). The maximum atomic E-state index is 5.33. The second-order valence-electron chi connectivity index (χ2n) is 4.39. The van der Waals surface area contributed by atoms with Gasteiger partial charge in [-0.05, 0) is 11.4 Å². The van der Waals surface area contributed by atoms with Crippen molar-refractivity contribution in [3.63, 3.8) is 0 Å². The third-order valence-electron chi connectivity index (χ3n) is 3.06. The highest BCUT2D eigenvalue weighted by Gasteiger charge is 2.09. The molecule has 1 saturated heterocycles. The van der Waals surface area contributed by atoms with Gasteiger partial charge in [0.05, 0.1) is 19.8 Å². The Morgan fingerprint density at radius 2 is 2.20 bits per heavy atom. The predicted molar refractivity (Wildman–Crippen MR) is 95.2 cm³/mol. The van der Waals surface area contributed by atoms with Gasteiger partial charge >= 0.3 is 0 Å². The van der Waals surface area contributed by atoms with Crippen molar-refractivity contribution in [2.75, 3.05) is 46.4 Å². The third-order valence-corrected chi connectivity index (χ3v) is 3.93. The molecule has 7 heteroatoms. The normalized spacial score (nSPS) is 16.6. The molecule has 0 radical (unpaired) electrons. The average Bonchev–Trinajstić information content (AvgIpc) is 2.97. The highest BCUT2D eigenvalue weighted by molar-refractivity contribution is 14.0. The first kappa shape index (κ1) is 17.7. The van der Waals surface area contributed by atoms with E-state index < -0.39 is 0 Å². The molecule has 0 aromatic carbocycles. The van der Waals surface area contributed by atoms with Gasteiger partial charge in [0.1, 0.15) is 0 Å². The van der Waals surface area contributed by atoms with Crippen molar-refractivity contribution < 1.29 is 4.74 Å². The van der Waals surface area contributed by atoms with Crippen molar-refractivity contribution >= 4 is 41.3 Å². The molecule has 0 spiro atoms. The van der Waals surface area contributed by atoms with Gasteiger partial charge < -0.3 is 15.4 Å². The first-order chi connectivity index (χ1) is 9.38. The standard InChI is InChI=1S/C13H22N4OS.HI/c1-14-13(16-11-12-3-2-10-19-12)15-4-5-17-6-8-18-9-7-17;/h2-3,10H,4-9,11H2,1H3,(H2,14,15,16);1H. The number of thiophene rings is 1. The van der Waals surface area contributed by atoms with Crippen LogP contribution in [0, 0.1) is 0 Å². The highest BCUT2D eigenvalue weighted by Crippen LogP contribution is 2.06. The Bertz CT molecular complexity index is 380. The van der Waals surface area contributed by atoms with E-state index in [4.69, 9.17) is 4.74 Å². The topological polar surface area (TPSA) is 48.9 Å². The maximum Gasteiger partial charge on any atom is 0.191 e. The molecule has 2 N–H and O–H groups in total. The van der Waals surface area contributed by atoms with Crippen molar-refractivity contribution in [2.45, 2.75) is 6.54 Å². The number of nitrogens with zero attached hydrogens (tertiary/aromatic N) is 2. The van der Waals surface area contributed by atoms with Crippen molar-refractivity contribution in [1.29, 1.82) is 0 Å². The first-order valence-electron chi connectivity index (χ1n) is 6.65. The Hall–Kier alpha value is -0.380. The predicted octanol–water partition coefficient (Wildman–Crippen LogP) is 1.36. The van der Waals surface area contributed by atoms with Gasteiger partial charge in [-0.3, -0.25) is 9.89 Å². The zero-order chi connectivity index (χ0) is 13.3. The number of nitrogens with one attached hydrogen (secondary N) is 2. The number of ether oxygens (including phenoxy) is 1. The van der Waals surface area contributed by atoms with E-state index in [1.165, 1.54) is 4.88 Å². The lowest BCUT2D eigenvalue weighted by Crippen LogP contribution is -2.44. The largest absolute Gasteiger partial charge is 0.379 e. The van der Waals surface area contributed by atoms with Gasteiger partial charge in [-0.1, -0.05) is 6.07 Å². The summed E-state index contributed by atoms with van der Waals surface area (Å²) in [4.78, 5) is 7.95. The summed E-state index contributed by atoms with van der Waals surface area (Å²) >= 11 is 1.75. The van der Waals surface area contributed by atoms with Gasteiger partial charge in [0, 0.05) is 38.1 Å². The summed E-state index contributed by atoms with van der Waals surface area (Å²) in [5.41, 5.74) is 0. The third kappa shape index (κ3) is 6.38. The lowest BCUT2D eigenvalue weighted by Gasteiger charge is -2.26. The van der Waals surface area contributed by atoms with E-state index in [1.54, 1.807) is 18.4 Å². The van der Waals surface area contributed by atoms with Crippen LogP contribution < -0.4 is 10.6 Å². The Morgan fingerprint density at radius 1 is 1.40 bits per heavy atom. The van der Waals surface area contributed by atoms with E-state index in [-0.39, 0.29) is 24.0 Å². The van der Waals surface area contributed by atoms with Crippen LogP contribution in [0.1, 0.15) is 4.88 Å². The molecule has 114 valence electrons. The van der Waals surface area contributed by atoms with Crippen LogP contribution in [0.4, 0.5) is 0 Å². The lowest BCUT2D eigenvalue weighted by molar-refractivity contribution is 0.0389. The van der Waals surface area contributed by atoms with Crippen molar-refractivity contribution in [1.82, 2.24) is 15.5 Å². The Kier molecular flexibility index (Phi) is 9.16. The fourth-order valence-electron chi connectivity index (χ4n) is 1.96. The van der Waals surface area contributed by atoms with Crippen LogP contribution in [-0.2, 0) is 11.3 Å². The SMILES string of the molecule is CN=C(NCCN1CCOCC1)NCc1cccs1.I. The zero-order valence-electron chi connectivity index (χ0n) is 11.8. The molecule has 2 heterocycles. The number of hydrogen-bond donors (Lipinski definition) is 2. The fourth-order valence-corrected chi connectivity index (χ4v) is 2.61. The van der Waals surface area contributed by atoms with Gasteiger partial charge in [-0.25, -0.2) is 0 Å². The molecule has 0 bridgehead atoms. The van der Waals surface area contributed by atoms with E-state index in [0.29, 0.717) is 0 Å². The summed E-state index contributed by atoms with van der Waals surface area (Å²) < 4.78 is 5.33. The van der Waals surface area contributed by atoms with Gasteiger partial charge in [0.2, 0.25) is 0 Å². The second kappa shape index (κ2) is 10.4. The van der Waals surface area contributed by atoms with E-state index >= 15 is 0 Å². The summed E-state index contributed by atoms with van der Waals surface area (Å²) in [6, 6.07) is 4.19. The van der Waals surface area contributed by atoms with E-state index in [1.807, 2.05) is 0 Å². The van der Waals surface area contributed by atoms with E-state index in [9.17, 15) is 0 Å². The Balaban J connectivity index is 0.00000200. The maximum absolute atomic E-state index is 5.33. The molecular weight excluding hydrogens is 387 g/mol. The quantitative estimate of drug-likeness (QED) is 0.438. The van der Waals surface area contributed by atoms with E-state index in [0.717, 1.165) is 51.9 Å². The lowest BCUT2D eigenvalue weighted by atomic mass is 10.4. The first-order valence-corrected chi connectivity index (χ1v) is 7.53. The van der Waals surface area contributed by atoms with Crippen LogP contribution in [0.15, 0.2) is 22.5 Å².